The normalized spacial score (nSPS) is 18.5. The average molecular weight is 358 g/mol. The number of urea groups is 1. The first-order valence-corrected chi connectivity index (χ1v) is 9.04. The van der Waals surface area contributed by atoms with E-state index in [4.69, 9.17) is 9.84 Å². The number of carboxylic acid groups (broad SMARTS) is 1. The summed E-state index contributed by atoms with van der Waals surface area (Å²) in [7, 11) is 0. The standard InChI is InChI=1S/C17H30N2O6/c1-2-25-12-10-13(20)9-11-19-14(16(23)18-17(19)24)7-5-3-4-6-8-15(21)22/h13-14,20H,2-12H2,1H3,(H,21,22)(H,18,23,24). The Morgan fingerprint density at radius 1 is 1.24 bits per heavy atom. The number of ether oxygens (including phenoxy) is 1. The number of aliphatic hydroxyl groups excluding tert-OH is 1. The molecule has 8 heteroatoms. The van der Waals surface area contributed by atoms with Gasteiger partial charge in [0.1, 0.15) is 6.04 Å². The molecule has 0 aliphatic carbocycles. The second-order valence-electron chi connectivity index (χ2n) is 6.28. The molecule has 1 rings (SSSR count). The summed E-state index contributed by atoms with van der Waals surface area (Å²) in [5.74, 6) is -1.09. The highest BCUT2D eigenvalue weighted by Crippen LogP contribution is 2.18. The number of rotatable bonds is 14. The van der Waals surface area contributed by atoms with Crippen molar-refractivity contribution in [3.8, 4) is 0 Å². The number of hydrogen-bond acceptors (Lipinski definition) is 5. The van der Waals surface area contributed by atoms with Crippen LogP contribution >= 0.6 is 0 Å². The maximum Gasteiger partial charge on any atom is 0.324 e. The van der Waals surface area contributed by atoms with E-state index in [0.717, 1.165) is 19.3 Å². The van der Waals surface area contributed by atoms with Crippen molar-refractivity contribution in [3.63, 3.8) is 0 Å². The molecule has 25 heavy (non-hydrogen) atoms. The van der Waals surface area contributed by atoms with Crippen LogP contribution in [0, 0.1) is 0 Å². The Balaban J connectivity index is 2.31. The number of carbonyl (C=O) groups excluding carboxylic acids is 2. The van der Waals surface area contributed by atoms with Crippen LogP contribution in [0.15, 0.2) is 0 Å². The molecule has 0 radical (unpaired) electrons. The Kier molecular flexibility index (Phi) is 10.1. The van der Waals surface area contributed by atoms with Gasteiger partial charge in [-0.25, -0.2) is 4.79 Å². The monoisotopic (exact) mass is 358 g/mol. The lowest BCUT2D eigenvalue weighted by atomic mass is 10.0. The first-order valence-electron chi connectivity index (χ1n) is 9.04. The summed E-state index contributed by atoms with van der Waals surface area (Å²) < 4.78 is 5.19. The number of nitrogens with one attached hydrogen (secondary N) is 1. The lowest BCUT2D eigenvalue weighted by Gasteiger charge is -2.23. The fourth-order valence-electron chi connectivity index (χ4n) is 2.85. The number of unbranched alkanes of at least 4 members (excludes halogenated alkanes) is 3. The Hall–Kier alpha value is -1.67. The van der Waals surface area contributed by atoms with Crippen LogP contribution in [0.2, 0.25) is 0 Å². The second-order valence-corrected chi connectivity index (χ2v) is 6.28. The van der Waals surface area contributed by atoms with Crippen LogP contribution in [0.25, 0.3) is 0 Å². The molecule has 8 nitrogen and oxygen atoms in total. The topological polar surface area (TPSA) is 116 Å². The SMILES string of the molecule is CCOCCC(O)CCN1C(=O)NC(=O)C1CCCCCCC(=O)O. The predicted molar refractivity (Wildman–Crippen MR) is 91.1 cm³/mol. The molecule has 3 N–H and O–H groups in total. The van der Waals surface area contributed by atoms with Gasteiger partial charge in [0.25, 0.3) is 5.91 Å². The summed E-state index contributed by atoms with van der Waals surface area (Å²) in [5, 5.41) is 20.8. The minimum atomic E-state index is -0.796. The van der Waals surface area contributed by atoms with Crippen LogP contribution in [0.3, 0.4) is 0 Å². The second kappa shape index (κ2) is 11.8. The minimum Gasteiger partial charge on any atom is -0.481 e. The minimum absolute atomic E-state index is 0.161. The molecule has 144 valence electrons. The molecule has 0 bridgehead atoms. The summed E-state index contributed by atoms with van der Waals surface area (Å²) in [4.78, 5) is 35.8. The molecule has 1 aliphatic rings. The molecular weight excluding hydrogens is 328 g/mol. The highest BCUT2D eigenvalue weighted by Gasteiger charge is 2.37. The molecule has 3 amide bonds. The lowest BCUT2D eigenvalue weighted by molar-refractivity contribution is -0.137. The maximum atomic E-state index is 11.9. The van der Waals surface area contributed by atoms with E-state index in [2.05, 4.69) is 5.32 Å². The van der Waals surface area contributed by atoms with Gasteiger partial charge in [0.05, 0.1) is 6.10 Å². The van der Waals surface area contributed by atoms with Crippen LogP contribution in [0.5, 0.6) is 0 Å². The molecule has 0 aromatic heterocycles. The van der Waals surface area contributed by atoms with E-state index in [1.165, 1.54) is 4.90 Å². The van der Waals surface area contributed by atoms with Crippen molar-refractivity contribution < 1.29 is 29.3 Å². The van der Waals surface area contributed by atoms with Gasteiger partial charge in [-0.05, 0) is 32.6 Å². The highest BCUT2D eigenvalue weighted by atomic mass is 16.5. The Bertz CT molecular complexity index is 443. The van der Waals surface area contributed by atoms with Crippen molar-refractivity contribution in [1.29, 1.82) is 0 Å². The number of nitrogens with zero attached hydrogens (tertiary/aromatic N) is 1. The first kappa shape index (κ1) is 21.4. The maximum absolute atomic E-state index is 11.9. The molecular formula is C17H30N2O6. The highest BCUT2D eigenvalue weighted by molar-refractivity contribution is 6.04. The molecule has 1 heterocycles. The van der Waals surface area contributed by atoms with Crippen LogP contribution in [0.1, 0.15) is 58.3 Å². The van der Waals surface area contributed by atoms with Crippen molar-refractivity contribution in [2.75, 3.05) is 19.8 Å². The zero-order valence-corrected chi connectivity index (χ0v) is 14.9. The zero-order valence-electron chi connectivity index (χ0n) is 14.9. The van der Waals surface area contributed by atoms with Gasteiger partial charge in [-0.2, -0.15) is 0 Å². The summed E-state index contributed by atoms with van der Waals surface area (Å²) in [6.45, 7) is 3.29. The van der Waals surface area contributed by atoms with Crippen molar-refractivity contribution in [2.24, 2.45) is 0 Å². The van der Waals surface area contributed by atoms with Crippen molar-refractivity contribution in [2.45, 2.75) is 70.4 Å². The van der Waals surface area contributed by atoms with Crippen LogP contribution < -0.4 is 5.32 Å². The first-order chi connectivity index (χ1) is 12.0. The van der Waals surface area contributed by atoms with Gasteiger partial charge in [-0.15, -0.1) is 0 Å². The summed E-state index contributed by atoms with van der Waals surface area (Å²) in [6, 6.07) is -0.899. The predicted octanol–water partition coefficient (Wildman–Crippen LogP) is 1.51. The molecule has 0 saturated carbocycles. The van der Waals surface area contributed by atoms with E-state index in [0.29, 0.717) is 45.4 Å². The van der Waals surface area contributed by atoms with E-state index in [-0.39, 0.29) is 12.3 Å². The van der Waals surface area contributed by atoms with E-state index in [9.17, 15) is 19.5 Å². The molecule has 1 saturated heterocycles. The Morgan fingerprint density at radius 2 is 1.96 bits per heavy atom. The molecule has 0 aromatic rings. The number of amides is 3. The third-order valence-corrected chi connectivity index (χ3v) is 4.29. The van der Waals surface area contributed by atoms with Gasteiger partial charge in [0, 0.05) is 26.2 Å². The molecule has 1 aliphatic heterocycles. The van der Waals surface area contributed by atoms with Gasteiger partial charge < -0.3 is 19.8 Å². The van der Waals surface area contributed by atoms with Gasteiger partial charge in [-0.1, -0.05) is 19.3 Å². The van der Waals surface area contributed by atoms with E-state index in [1.54, 1.807) is 0 Å². The van der Waals surface area contributed by atoms with Crippen LogP contribution in [0.4, 0.5) is 4.79 Å². The Morgan fingerprint density at radius 3 is 2.64 bits per heavy atom. The lowest BCUT2D eigenvalue weighted by Crippen LogP contribution is -2.37. The fraction of sp³-hybridized carbons (Fsp3) is 0.824. The zero-order chi connectivity index (χ0) is 18.7. The average Bonchev–Trinajstić information content (AvgIpc) is 2.82. The fourth-order valence-corrected chi connectivity index (χ4v) is 2.85. The van der Waals surface area contributed by atoms with Crippen LogP contribution in [-0.4, -0.2) is 64.9 Å². The largest absolute Gasteiger partial charge is 0.481 e. The van der Waals surface area contributed by atoms with E-state index < -0.39 is 24.1 Å². The third-order valence-electron chi connectivity index (χ3n) is 4.29. The van der Waals surface area contributed by atoms with E-state index in [1.807, 2.05) is 6.92 Å². The van der Waals surface area contributed by atoms with Gasteiger partial charge in [0.2, 0.25) is 0 Å². The van der Waals surface area contributed by atoms with Gasteiger partial charge >= 0.3 is 12.0 Å². The summed E-state index contributed by atoms with van der Waals surface area (Å²) in [5.41, 5.74) is 0. The summed E-state index contributed by atoms with van der Waals surface area (Å²) >= 11 is 0. The summed E-state index contributed by atoms with van der Waals surface area (Å²) in [6.07, 6.45) is 4.07. The number of imide groups is 1. The van der Waals surface area contributed by atoms with Gasteiger partial charge in [-0.3, -0.25) is 14.9 Å². The van der Waals surface area contributed by atoms with Crippen molar-refractivity contribution in [3.05, 3.63) is 0 Å². The molecule has 2 atom stereocenters. The van der Waals surface area contributed by atoms with E-state index >= 15 is 0 Å². The number of aliphatic hydroxyl groups is 1. The number of aliphatic carboxylic acids is 1. The number of carboxylic acids is 1. The molecule has 0 spiro atoms. The number of hydrogen-bond donors (Lipinski definition) is 3. The molecule has 2 unspecified atom stereocenters. The Labute approximate surface area is 148 Å². The van der Waals surface area contributed by atoms with Crippen molar-refractivity contribution >= 4 is 17.9 Å². The quantitative estimate of drug-likeness (QED) is 0.320. The van der Waals surface area contributed by atoms with Crippen molar-refractivity contribution in [1.82, 2.24) is 10.2 Å². The third kappa shape index (κ3) is 8.31. The van der Waals surface area contributed by atoms with Crippen LogP contribution in [-0.2, 0) is 14.3 Å². The molecule has 1 fully saturated rings. The van der Waals surface area contributed by atoms with Gasteiger partial charge in [0.15, 0.2) is 0 Å². The molecule has 0 aromatic carbocycles. The number of carbonyl (C=O) groups is 3. The smallest absolute Gasteiger partial charge is 0.324 e.